The molecule has 2 aromatic carbocycles. The lowest BCUT2D eigenvalue weighted by Gasteiger charge is -2.10. The van der Waals surface area contributed by atoms with Gasteiger partial charge in [0.2, 0.25) is 0 Å². The molecule has 1 amide bonds. The number of aromatic carboxylic acids is 1. The van der Waals surface area contributed by atoms with Gasteiger partial charge in [-0.1, -0.05) is 6.07 Å². The third-order valence-corrected chi connectivity index (χ3v) is 3.20. The van der Waals surface area contributed by atoms with Gasteiger partial charge in [-0.05, 0) is 35.9 Å². The van der Waals surface area contributed by atoms with E-state index in [9.17, 15) is 19.1 Å². The predicted molar refractivity (Wildman–Crippen MR) is 78.7 cm³/mol. The number of halogens is 1. The summed E-state index contributed by atoms with van der Waals surface area (Å²) in [6.45, 7) is 0. The zero-order valence-electron chi connectivity index (χ0n) is 12.0. The number of carboxylic acid groups (broad SMARTS) is 1. The number of ether oxygens (including phenoxy) is 1. The van der Waals surface area contributed by atoms with Gasteiger partial charge in [-0.2, -0.15) is 0 Å². The average molecular weight is 303 g/mol. The molecule has 0 aliphatic heterocycles. The second-order valence-corrected chi connectivity index (χ2v) is 4.49. The second kappa shape index (κ2) is 6.26. The van der Waals surface area contributed by atoms with Crippen molar-refractivity contribution in [3.63, 3.8) is 0 Å². The molecule has 0 saturated carbocycles. The van der Waals surface area contributed by atoms with Crippen LogP contribution in [-0.2, 0) is 0 Å². The first-order chi connectivity index (χ1) is 10.5. The summed E-state index contributed by atoms with van der Waals surface area (Å²) >= 11 is 0. The van der Waals surface area contributed by atoms with Crippen LogP contribution in [0.15, 0.2) is 36.4 Å². The molecule has 0 heterocycles. The van der Waals surface area contributed by atoms with E-state index in [0.717, 1.165) is 0 Å². The van der Waals surface area contributed by atoms with Crippen LogP contribution < -0.4 is 10.1 Å². The summed E-state index contributed by atoms with van der Waals surface area (Å²) in [4.78, 5) is 22.9. The van der Waals surface area contributed by atoms with Crippen LogP contribution in [0.25, 0.3) is 11.1 Å². The van der Waals surface area contributed by atoms with Crippen molar-refractivity contribution < 1.29 is 23.8 Å². The standard InChI is InChI=1S/C16H14FNO4/c1-18-15(19)10-3-5-13(17)11(8-10)9-4-6-14(22-2)12(7-9)16(20)21/h3-8H,1-2H3,(H,18,19)(H,20,21). The minimum absolute atomic E-state index is 0.0789. The SMILES string of the molecule is CNC(=O)c1ccc(F)c(-c2ccc(OC)c(C(=O)O)c2)c1. The minimum atomic E-state index is -1.18. The number of methoxy groups -OCH3 is 1. The van der Waals surface area contributed by atoms with E-state index in [2.05, 4.69) is 5.32 Å². The summed E-state index contributed by atoms with van der Waals surface area (Å²) in [6, 6.07) is 8.21. The Kier molecular flexibility index (Phi) is 4.41. The van der Waals surface area contributed by atoms with Crippen molar-refractivity contribution in [3.05, 3.63) is 53.3 Å². The van der Waals surface area contributed by atoms with Crippen LogP contribution in [0.5, 0.6) is 5.75 Å². The molecule has 0 atom stereocenters. The van der Waals surface area contributed by atoms with Crippen molar-refractivity contribution in [2.24, 2.45) is 0 Å². The number of nitrogens with one attached hydrogen (secondary N) is 1. The largest absolute Gasteiger partial charge is 0.496 e. The third kappa shape index (κ3) is 2.90. The zero-order valence-corrected chi connectivity index (χ0v) is 12.0. The van der Waals surface area contributed by atoms with Gasteiger partial charge in [0.1, 0.15) is 17.1 Å². The molecule has 0 bridgehead atoms. The molecule has 6 heteroatoms. The van der Waals surface area contributed by atoms with Crippen molar-refractivity contribution in [2.45, 2.75) is 0 Å². The minimum Gasteiger partial charge on any atom is -0.496 e. The van der Waals surface area contributed by atoms with E-state index in [1.54, 1.807) is 0 Å². The van der Waals surface area contributed by atoms with Crippen molar-refractivity contribution in [1.29, 1.82) is 0 Å². The second-order valence-electron chi connectivity index (χ2n) is 4.49. The highest BCUT2D eigenvalue weighted by molar-refractivity contribution is 5.96. The molecular weight excluding hydrogens is 289 g/mol. The van der Waals surface area contributed by atoms with Gasteiger partial charge in [0, 0.05) is 18.2 Å². The van der Waals surface area contributed by atoms with Gasteiger partial charge in [0.25, 0.3) is 5.91 Å². The fraction of sp³-hybridized carbons (Fsp3) is 0.125. The molecule has 0 aromatic heterocycles. The van der Waals surface area contributed by atoms with E-state index < -0.39 is 11.8 Å². The Labute approximate surface area is 126 Å². The van der Waals surface area contributed by atoms with Crippen LogP contribution in [0.3, 0.4) is 0 Å². The van der Waals surface area contributed by atoms with Crippen molar-refractivity contribution in [3.8, 4) is 16.9 Å². The van der Waals surface area contributed by atoms with E-state index in [0.29, 0.717) is 5.56 Å². The van der Waals surface area contributed by atoms with Gasteiger partial charge >= 0.3 is 5.97 Å². The Morgan fingerprint density at radius 1 is 1.18 bits per heavy atom. The van der Waals surface area contributed by atoms with E-state index >= 15 is 0 Å². The summed E-state index contributed by atoms with van der Waals surface area (Å²) in [7, 11) is 2.83. The van der Waals surface area contributed by atoms with Crippen molar-refractivity contribution >= 4 is 11.9 Å². The number of rotatable bonds is 4. The number of amides is 1. The molecule has 0 fully saturated rings. The Bertz CT molecular complexity index is 743. The summed E-state index contributed by atoms with van der Waals surface area (Å²) in [5, 5.41) is 11.6. The highest BCUT2D eigenvalue weighted by Crippen LogP contribution is 2.29. The van der Waals surface area contributed by atoms with Crippen molar-refractivity contribution in [1.82, 2.24) is 5.32 Å². The van der Waals surface area contributed by atoms with Crippen LogP contribution in [-0.4, -0.2) is 31.1 Å². The summed E-state index contributed by atoms with van der Waals surface area (Å²) in [5.74, 6) is -1.90. The van der Waals surface area contributed by atoms with Crippen LogP contribution in [0, 0.1) is 5.82 Å². The Balaban J connectivity index is 2.58. The van der Waals surface area contributed by atoms with Crippen molar-refractivity contribution in [2.75, 3.05) is 14.2 Å². The molecule has 0 unspecified atom stereocenters. The lowest BCUT2D eigenvalue weighted by molar-refractivity contribution is 0.0693. The summed E-state index contributed by atoms with van der Waals surface area (Å²) < 4.78 is 19.0. The van der Waals surface area contributed by atoms with Gasteiger partial charge in [0.15, 0.2) is 0 Å². The lowest BCUT2D eigenvalue weighted by Crippen LogP contribution is -2.17. The van der Waals surface area contributed by atoms with E-state index in [4.69, 9.17) is 4.74 Å². The molecule has 0 spiro atoms. The third-order valence-electron chi connectivity index (χ3n) is 3.20. The summed E-state index contributed by atoms with van der Waals surface area (Å²) in [6.07, 6.45) is 0. The molecule has 0 aliphatic rings. The first-order valence-electron chi connectivity index (χ1n) is 6.41. The number of carboxylic acids is 1. The monoisotopic (exact) mass is 303 g/mol. The molecule has 2 aromatic rings. The number of hydrogen-bond acceptors (Lipinski definition) is 3. The van der Waals surface area contributed by atoms with E-state index in [1.165, 1.54) is 50.6 Å². The average Bonchev–Trinajstić information content (AvgIpc) is 2.53. The lowest BCUT2D eigenvalue weighted by atomic mass is 9.99. The number of carbonyl (C=O) groups excluding carboxylic acids is 1. The van der Waals surface area contributed by atoms with Gasteiger partial charge in [-0.3, -0.25) is 4.79 Å². The molecule has 114 valence electrons. The molecule has 0 aliphatic carbocycles. The quantitative estimate of drug-likeness (QED) is 0.910. The zero-order chi connectivity index (χ0) is 16.3. The fourth-order valence-electron chi connectivity index (χ4n) is 2.07. The molecule has 5 nitrogen and oxygen atoms in total. The molecule has 2 rings (SSSR count). The molecular formula is C16H14FNO4. The number of hydrogen-bond donors (Lipinski definition) is 2. The fourth-order valence-corrected chi connectivity index (χ4v) is 2.07. The Hall–Kier alpha value is -2.89. The number of carbonyl (C=O) groups is 2. The van der Waals surface area contributed by atoms with Crippen LogP contribution in [0.2, 0.25) is 0 Å². The van der Waals surface area contributed by atoms with E-state index in [1.807, 2.05) is 0 Å². The van der Waals surface area contributed by atoms with Crippen LogP contribution in [0.4, 0.5) is 4.39 Å². The summed E-state index contributed by atoms with van der Waals surface area (Å²) in [5.41, 5.74) is 0.698. The highest BCUT2D eigenvalue weighted by atomic mass is 19.1. The van der Waals surface area contributed by atoms with Gasteiger partial charge in [-0.25, -0.2) is 9.18 Å². The molecule has 0 saturated heterocycles. The maximum Gasteiger partial charge on any atom is 0.339 e. The van der Waals surface area contributed by atoms with Crippen LogP contribution in [0.1, 0.15) is 20.7 Å². The van der Waals surface area contributed by atoms with Gasteiger partial charge in [-0.15, -0.1) is 0 Å². The topological polar surface area (TPSA) is 75.6 Å². The Morgan fingerprint density at radius 2 is 1.91 bits per heavy atom. The van der Waals surface area contributed by atoms with E-state index in [-0.39, 0.29) is 28.3 Å². The first kappa shape index (κ1) is 15.5. The predicted octanol–water partition coefficient (Wildman–Crippen LogP) is 2.56. The smallest absolute Gasteiger partial charge is 0.339 e. The maximum atomic E-state index is 14.0. The molecule has 22 heavy (non-hydrogen) atoms. The first-order valence-corrected chi connectivity index (χ1v) is 6.41. The Morgan fingerprint density at radius 3 is 2.50 bits per heavy atom. The normalized spacial score (nSPS) is 10.1. The molecule has 0 radical (unpaired) electrons. The highest BCUT2D eigenvalue weighted by Gasteiger charge is 2.15. The number of benzene rings is 2. The van der Waals surface area contributed by atoms with Gasteiger partial charge < -0.3 is 15.2 Å². The maximum absolute atomic E-state index is 14.0. The van der Waals surface area contributed by atoms with Gasteiger partial charge in [0.05, 0.1) is 7.11 Å². The molecule has 2 N–H and O–H groups in total. The van der Waals surface area contributed by atoms with Crippen LogP contribution >= 0.6 is 0 Å².